The topological polar surface area (TPSA) is 58.0 Å². The van der Waals surface area contributed by atoms with Gasteiger partial charge in [-0.1, -0.05) is 0 Å². The van der Waals surface area contributed by atoms with Gasteiger partial charge in [-0.15, -0.1) is 0 Å². The summed E-state index contributed by atoms with van der Waals surface area (Å²) >= 11 is -0.00134. The molecule has 0 amide bonds. The van der Waals surface area contributed by atoms with Gasteiger partial charge in [-0.25, -0.2) is 0 Å². The van der Waals surface area contributed by atoms with Crippen molar-refractivity contribution in [2.45, 2.75) is 6.54 Å². The number of aromatic hydroxyl groups is 1. The van der Waals surface area contributed by atoms with E-state index in [1.165, 1.54) is 0 Å². The fraction of sp³-hybridized carbons (Fsp3) is 0.0769. The Labute approximate surface area is 111 Å². The van der Waals surface area contributed by atoms with Gasteiger partial charge in [0.2, 0.25) is 0 Å². The first-order chi connectivity index (χ1) is 8.83. The van der Waals surface area contributed by atoms with Crippen molar-refractivity contribution in [2.24, 2.45) is 0 Å². The number of benzene rings is 2. The molecule has 2 N–H and O–H groups in total. The van der Waals surface area contributed by atoms with Crippen LogP contribution < -0.4 is 5.32 Å². The summed E-state index contributed by atoms with van der Waals surface area (Å²) in [6.07, 6.45) is 0. The van der Waals surface area contributed by atoms with Crippen LogP contribution in [0, 0.1) is 0 Å². The summed E-state index contributed by atoms with van der Waals surface area (Å²) in [5.74, 6) is 0.288. The van der Waals surface area contributed by atoms with Gasteiger partial charge in [0.25, 0.3) is 0 Å². The zero-order chi connectivity index (χ0) is 12.4. The number of rotatable bonds is 3. The molecule has 0 saturated heterocycles. The molecule has 3 aromatic rings. The Hall–Kier alpha value is -1.84. The third kappa shape index (κ3) is 2.23. The third-order valence-electron chi connectivity index (χ3n) is 2.71. The molecule has 0 saturated carbocycles. The predicted molar refractivity (Wildman–Crippen MR) is 71.9 cm³/mol. The predicted octanol–water partition coefficient (Wildman–Crippen LogP) is 2.00. The van der Waals surface area contributed by atoms with Gasteiger partial charge in [0.15, 0.2) is 0 Å². The van der Waals surface area contributed by atoms with Gasteiger partial charge < -0.3 is 0 Å². The molecule has 0 radical (unpaired) electrons. The van der Waals surface area contributed by atoms with E-state index >= 15 is 0 Å². The van der Waals surface area contributed by atoms with Crippen molar-refractivity contribution >= 4 is 31.7 Å². The number of fused-ring (bicyclic) bond motifs is 1. The van der Waals surface area contributed by atoms with Gasteiger partial charge in [-0.05, 0) is 0 Å². The minimum absolute atomic E-state index is 0.00134. The van der Waals surface area contributed by atoms with E-state index in [0.29, 0.717) is 6.54 Å². The molecule has 4 nitrogen and oxygen atoms in total. The number of aromatic nitrogens is 2. The first kappa shape index (κ1) is 11.3. The molecule has 1 heterocycles. The van der Waals surface area contributed by atoms with Crippen molar-refractivity contribution in [3.63, 3.8) is 0 Å². The molecule has 5 heteroatoms. The van der Waals surface area contributed by atoms with Crippen LogP contribution in [0.5, 0.6) is 5.75 Å². The van der Waals surface area contributed by atoms with Crippen LogP contribution in [0.1, 0.15) is 5.56 Å². The second kappa shape index (κ2) is 4.80. The average molecular weight is 304 g/mol. The summed E-state index contributed by atoms with van der Waals surface area (Å²) in [4.78, 5) is 0. The Morgan fingerprint density at radius 2 is 1.89 bits per heavy atom. The van der Waals surface area contributed by atoms with Gasteiger partial charge in [-0.2, -0.15) is 0 Å². The number of nitrogens with one attached hydrogen (secondary N) is 1. The zero-order valence-electron chi connectivity index (χ0n) is 9.50. The van der Waals surface area contributed by atoms with Gasteiger partial charge in [0.1, 0.15) is 0 Å². The summed E-state index contributed by atoms with van der Waals surface area (Å²) in [5, 5.41) is 12.6. The zero-order valence-corrected chi connectivity index (χ0v) is 11.2. The van der Waals surface area contributed by atoms with Crippen molar-refractivity contribution < 1.29 is 5.11 Å². The van der Waals surface area contributed by atoms with Crippen LogP contribution in [0.15, 0.2) is 42.5 Å². The molecule has 0 atom stereocenters. The summed E-state index contributed by atoms with van der Waals surface area (Å²) < 4.78 is 8.77. The van der Waals surface area contributed by atoms with Gasteiger partial charge >= 0.3 is 110 Å². The molecule has 0 aliphatic heterocycles. The van der Waals surface area contributed by atoms with E-state index < -0.39 is 0 Å². The maximum atomic E-state index is 9.22. The van der Waals surface area contributed by atoms with E-state index in [9.17, 15) is 5.11 Å². The number of phenols is 1. The maximum absolute atomic E-state index is 9.22. The van der Waals surface area contributed by atoms with Crippen LogP contribution in [-0.2, 0) is 6.54 Å². The number of anilines is 1. The second-order valence-electron chi connectivity index (χ2n) is 3.96. The molecule has 0 spiro atoms. The Kier molecular flexibility index (Phi) is 3.00. The van der Waals surface area contributed by atoms with Crippen molar-refractivity contribution in [2.75, 3.05) is 5.32 Å². The third-order valence-corrected chi connectivity index (χ3v) is 3.84. The monoisotopic (exact) mass is 305 g/mol. The van der Waals surface area contributed by atoms with E-state index in [1.807, 2.05) is 30.3 Å². The number of nitrogens with zero attached hydrogens (tertiary/aromatic N) is 2. The summed E-state index contributed by atoms with van der Waals surface area (Å²) in [6, 6.07) is 13.2. The van der Waals surface area contributed by atoms with Crippen molar-refractivity contribution in [1.29, 1.82) is 0 Å². The SMILES string of the molecule is Oc1ccc(CNc2cccc3n[se]nc23)cc1. The molecule has 0 bridgehead atoms. The molecule has 0 aliphatic rings. The Morgan fingerprint density at radius 3 is 2.72 bits per heavy atom. The van der Waals surface area contributed by atoms with Crippen molar-refractivity contribution in [1.82, 2.24) is 7.96 Å². The Bertz CT molecular complexity index is 663. The van der Waals surface area contributed by atoms with Gasteiger partial charge in [-0.3, -0.25) is 0 Å². The molecule has 2 aromatic carbocycles. The fourth-order valence-electron chi connectivity index (χ4n) is 1.76. The molecule has 90 valence electrons. The molecule has 18 heavy (non-hydrogen) atoms. The number of hydrogen-bond donors (Lipinski definition) is 2. The molecule has 0 aliphatic carbocycles. The van der Waals surface area contributed by atoms with Crippen molar-refractivity contribution in [3.05, 3.63) is 48.0 Å². The molecule has 1 aromatic heterocycles. The van der Waals surface area contributed by atoms with Crippen molar-refractivity contribution in [3.8, 4) is 5.75 Å². The van der Waals surface area contributed by atoms with Crippen LogP contribution in [0.2, 0.25) is 0 Å². The first-order valence-corrected chi connectivity index (χ1v) is 7.09. The van der Waals surface area contributed by atoms with Crippen LogP contribution >= 0.6 is 0 Å². The quantitative estimate of drug-likeness (QED) is 0.727. The van der Waals surface area contributed by atoms with E-state index in [1.54, 1.807) is 12.1 Å². The molecule has 0 unspecified atom stereocenters. The van der Waals surface area contributed by atoms with E-state index in [-0.39, 0.29) is 20.7 Å². The van der Waals surface area contributed by atoms with Crippen LogP contribution in [-0.4, -0.2) is 28.0 Å². The molecule has 0 fully saturated rings. The standard InChI is InChI=1S/C13H11N3OSe/c17-10-6-4-9(5-7-10)8-14-11-2-1-3-12-13(11)16-18-15-12/h1-7,14,17H,8H2. The number of hydrogen-bond acceptors (Lipinski definition) is 4. The van der Waals surface area contributed by atoms with Gasteiger partial charge in [0, 0.05) is 0 Å². The molecule has 3 rings (SSSR count). The Morgan fingerprint density at radius 1 is 1.06 bits per heavy atom. The second-order valence-corrected chi connectivity index (χ2v) is 5.07. The summed E-state index contributed by atoms with van der Waals surface area (Å²) in [6.45, 7) is 0.708. The van der Waals surface area contributed by atoms with Crippen LogP contribution in [0.4, 0.5) is 5.69 Å². The molecular weight excluding hydrogens is 293 g/mol. The summed E-state index contributed by atoms with van der Waals surface area (Å²) in [5.41, 5.74) is 4.08. The van der Waals surface area contributed by atoms with Crippen LogP contribution in [0.3, 0.4) is 0 Å². The minimum atomic E-state index is -0.00134. The first-order valence-electron chi connectivity index (χ1n) is 5.56. The van der Waals surface area contributed by atoms with E-state index in [0.717, 1.165) is 22.3 Å². The van der Waals surface area contributed by atoms with Crippen LogP contribution in [0.25, 0.3) is 11.0 Å². The van der Waals surface area contributed by atoms with E-state index in [4.69, 9.17) is 0 Å². The molecular formula is C13H11N3OSe. The average Bonchev–Trinajstić information content (AvgIpc) is 2.87. The normalized spacial score (nSPS) is 10.7. The summed E-state index contributed by atoms with van der Waals surface area (Å²) in [7, 11) is 0. The van der Waals surface area contributed by atoms with E-state index in [2.05, 4.69) is 13.3 Å². The Balaban J connectivity index is 1.80. The fourth-order valence-corrected chi connectivity index (χ4v) is 2.91. The number of phenolic OH excluding ortho intramolecular Hbond substituents is 1. The van der Waals surface area contributed by atoms with Gasteiger partial charge in [0.05, 0.1) is 0 Å².